The predicted molar refractivity (Wildman–Crippen MR) is 85.6 cm³/mol. The smallest absolute Gasteiger partial charge is 0.263 e. The van der Waals surface area contributed by atoms with Crippen LogP contribution in [0.1, 0.15) is 10.4 Å². The summed E-state index contributed by atoms with van der Waals surface area (Å²) in [4.78, 5) is 30.6. The summed E-state index contributed by atoms with van der Waals surface area (Å²) in [5, 5.41) is 3.06. The molecular formula is C15H11N3O4S. The summed E-state index contributed by atoms with van der Waals surface area (Å²) in [5.41, 5.74) is 0.303. The van der Waals surface area contributed by atoms with E-state index in [4.69, 9.17) is 9.47 Å². The number of ether oxygens (including phenoxy) is 2. The molecule has 3 aromatic rings. The lowest BCUT2D eigenvalue weighted by atomic mass is 10.2. The Morgan fingerprint density at radius 3 is 2.83 bits per heavy atom. The Labute approximate surface area is 133 Å². The number of benzene rings is 1. The van der Waals surface area contributed by atoms with Crippen LogP contribution < -0.4 is 20.3 Å². The summed E-state index contributed by atoms with van der Waals surface area (Å²) in [6.07, 6.45) is 1.47. The van der Waals surface area contributed by atoms with Gasteiger partial charge in [0.05, 0.1) is 10.2 Å². The van der Waals surface area contributed by atoms with Gasteiger partial charge >= 0.3 is 0 Å². The first kappa shape index (κ1) is 13.8. The molecule has 7 nitrogen and oxygen atoms in total. The minimum atomic E-state index is -0.497. The van der Waals surface area contributed by atoms with E-state index in [9.17, 15) is 9.59 Å². The van der Waals surface area contributed by atoms with Crippen LogP contribution in [0.5, 0.6) is 11.5 Å². The highest BCUT2D eigenvalue weighted by atomic mass is 32.1. The van der Waals surface area contributed by atoms with Crippen molar-refractivity contribution in [1.29, 1.82) is 0 Å². The zero-order valence-electron chi connectivity index (χ0n) is 11.8. The van der Waals surface area contributed by atoms with Crippen molar-refractivity contribution in [3.63, 3.8) is 0 Å². The Bertz CT molecular complexity index is 920. The van der Waals surface area contributed by atoms with Crippen LogP contribution in [0.4, 0.5) is 5.13 Å². The van der Waals surface area contributed by atoms with Gasteiger partial charge in [-0.25, -0.2) is 4.98 Å². The van der Waals surface area contributed by atoms with Crippen LogP contribution in [0, 0.1) is 0 Å². The van der Waals surface area contributed by atoms with E-state index in [0.717, 1.165) is 4.70 Å². The highest BCUT2D eigenvalue weighted by Crippen LogP contribution is 2.37. The average Bonchev–Trinajstić information content (AvgIpc) is 2.93. The molecule has 4 rings (SSSR count). The number of rotatable bonds is 2. The largest absolute Gasteiger partial charge is 0.486 e. The van der Waals surface area contributed by atoms with Crippen molar-refractivity contribution in [2.75, 3.05) is 18.5 Å². The van der Waals surface area contributed by atoms with Crippen LogP contribution in [-0.4, -0.2) is 29.1 Å². The standard InChI is InChI=1S/C15H11N3O4S/c19-13-8(2-1-3-16-13)14(20)18-15-17-9-6-10-11(7-12(9)23-15)22-5-4-21-10/h1-3,6-7H,4-5H2,(H,16,19)(H,17,18,20). The highest BCUT2D eigenvalue weighted by Gasteiger charge is 2.17. The summed E-state index contributed by atoms with van der Waals surface area (Å²) in [6.45, 7) is 1.01. The van der Waals surface area contributed by atoms with Gasteiger partial charge in [-0.05, 0) is 12.1 Å². The lowest BCUT2D eigenvalue weighted by molar-refractivity contribution is 0.102. The Hall–Kier alpha value is -2.87. The van der Waals surface area contributed by atoms with Gasteiger partial charge in [0.15, 0.2) is 16.6 Å². The molecule has 1 aromatic carbocycles. The molecule has 0 saturated carbocycles. The average molecular weight is 329 g/mol. The van der Waals surface area contributed by atoms with E-state index in [0.29, 0.717) is 35.4 Å². The monoisotopic (exact) mass is 329 g/mol. The number of carbonyl (C=O) groups is 1. The van der Waals surface area contributed by atoms with Gasteiger partial charge in [0, 0.05) is 18.3 Å². The fraction of sp³-hybridized carbons (Fsp3) is 0.133. The molecular weight excluding hydrogens is 318 g/mol. The van der Waals surface area contributed by atoms with Gasteiger partial charge in [0.2, 0.25) is 0 Å². The predicted octanol–water partition coefficient (Wildman–Crippen LogP) is 2.01. The third-order valence-corrected chi connectivity index (χ3v) is 4.27. The van der Waals surface area contributed by atoms with Crippen LogP contribution in [0.2, 0.25) is 0 Å². The molecule has 0 bridgehead atoms. The molecule has 2 N–H and O–H groups in total. The fourth-order valence-electron chi connectivity index (χ4n) is 2.28. The fourth-order valence-corrected chi connectivity index (χ4v) is 3.15. The lowest BCUT2D eigenvalue weighted by Crippen LogP contribution is -2.22. The third-order valence-electron chi connectivity index (χ3n) is 3.34. The molecule has 8 heteroatoms. The number of hydrogen-bond acceptors (Lipinski definition) is 6. The number of amides is 1. The topological polar surface area (TPSA) is 93.3 Å². The molecule has 0 radical (unpaired) electrons. The lowest BCUT2D eigenvalue weighted by Gasteiger charge is -2.17. The molecule has 1 aliphatic heterocycles. The van der Waals surface area contributed by atoms with Crippen molar-refractivity contribution in [2.45, 2.75) is 0 Å². The van der Waals surface area contributed by atoms with E-state index in [-0.39, 0.29) is 5.56 Å². The maximum Gasteiger partial charge on any atom is 0.263 e. The first-order valence-corrected chi connectivity index (χ1v) is 7.71. The van der Waals surface area contributed by atoms with E-state index in [1.807, 2.05) is 6.07 Å². The van der Waals surface area contributed by atoms with Crippen molar-refractivity contribution in [3.8, 4) is 11.5 Å². The molecule has 3 heterocycles. The number of nitrogens with one attached hydrogen (secondary N) is 2. The van der Waals surface area contributed by atoms with Gasteiger partial charge in [-0.15, -0.1) is 0 Å². The summed E-state index contributed by atoms with van der Waals surface area (Å²) >= 11 is 1.31. The molecule has 0 aliphatic carbocycles. The molecule has 116 valence electrons. The van der Waals surface area contributed by atoms with Gasteiger partial charge in [0.25, 0.3) is 11.5 Å². The third kappa shape index (κ3) is 2.53. The summed E-state index contributed by atoms with van der Waals surface area (Å²) in [5.74, 6) is 0.819. The molecule has 0 spiro atoms. The second-order valence-electron chi connectivity index (χ2n) is 4.85. The van der Waals surface area contributed by atoms with Gasteiger partial charge in [0.1, 0.15) is 18.8 Å². The van der Waals surface area contributed by atoms with Crippen molar-refractivity contribution in [2.24, 2.45) is 0 Å². The van der Waals surface area contributed by atoms with Crippen LogP contribution in [0.25, 0.3) is 10.2 Å². The molecule has 0 saturated heterocycles. The molecule has 1 amide bonds. The Morgan fingerprint density at radius 2 is 2.04 bits per heavy atom. The number of H-pyrrole nitrogens is 1. The maximum atomic E-state index is 12.2. The second kappa shape index (κ2) is 5.40. The SMILES string of the molecule is O=C(Nc1nc2cc3c(cc2s1)OCCO3)c1ccc[nH]c1=O. The van der Waals surface area contributed by atoms with Gasteiger partial charge < -0.3 is 14.5 Å². The van der Waals surface area contributed by atoms with Gasteiger partial charge in [-0.1, -0.05) is 11.3 Å². The van der Waals surface area contributed by atoms with E-state index < -0.39 is 11.5 Å². The number of fused-ring (bicyclic) bond motifs is 2. The van der Waals surface area contributed by atoms with Crippen LogP contribution >= 0.6 is 11.3 Å². The van der Waals surface area contributed by atoms with E-state index >= 15 is 0 Å². The number of nitrogens with zero attached hydrogens (tertiary/aromatic N) is 1. The van der Waals surface area contributed by atoms with E-state index in [1.165, 1.54) is 23.6 Å². The van der Waals surface area contributed by atoms with Gasteiger partial charge in [-0.3, -0.25) is 14.9 Å². The number of aromatic nitrogens is 2. The molecule has 2 aromatic heterocycles. The number of anilines is 1. The second-order valence-corrected chi connectivity index (χ2v) is 5.88. The molecule has 0 atom stereocenters. The summed E-state index contributed by atoms with van der Waals surface area (Å²) in [6, 6.07) is 6.68. The van der Waals surface area contributed by atoms with Gasteiger partial charge in [-0.2, -0.15) is 0 Å². The van der Waals surface area contributed by atoms with Crippen LogP contribution in [0.15, 0.2) is 35.3 Å². The highest BCUT2D eigenvalue weighted by molar-refractivity contribution is 7.22. The minimum absolute atomic E-state index is 0.0396. The Morgan fingerprint density at radius 1 is 1.26 bits per heavy atom. The zero-order valence-corrected chi connectivity index (χ0v) is 12.6. The molecule has 1 aliphatic rings. The van der Waals surface area contributed by atoms with Crippen molar-refractivity contribution >= 4 is 32.6 Å². The Kier molecular flexibility index (Phi) is 3.23. The Balaban J connectivity index is 1.66. The molecule has 0 unspecified atom stereocenters. The number of hydrogen-bond donors (Lipinski definition) is 2. The van der Waals surface area contributed by atoms with Crippen molar-refractivity contribution in [3.05, 3.63) is 46.4 Å². The molecule has 0 fully saturated rings. The number of pyridine rings is 1. The van der Waals surface area contributed by atoms with Crippen LogP contribution in [0.3, 0.4) is 0 Å². The molecule has 23 heavy (non-hydrogen) atoms. The quantitative estimate of drug-likeness (QED) is 0.750. The summed E-state index contributed by atoms with van der Waals surface area (Å²) in [7, 11) is 0. The van der Waals surface area contributed by atoms with Crippen molar-refractivity contribution in [1.82, 2.24) is 9.97 Å². The first-order valence-electron chi connectivity index (χ1n) is 6.90. The van der Waals surface area contributed by atoms with Crippen molar-refractivity contribution < 1.29 is 14.3 Å². The first-order chi connectivity index (χ1) is 11.2. The minimum Gasteiger partial charge on any atom is -0.486 e. The van der Waals surface area contributed by atoms with E-state index in [2.05, 4.69) is 15.3 Å². The number of carbonyl (C=O) groups excluding carboxylic acids is 1. The number of thiazole rings is 1. The van der Waals surface area contributed by atoms with E-state index in [1.54, 1.807) is 12.1 Å². The normalized spacial score (nSPS) is 13.0. The zero-order chi connectivity index (χ0) is 15.8. The van der Waals surface area contributed by atoms with Crippen LogP contribution in [-0.2, 0) is 0 Å². The maximum absolute atomic E-state index is 12.2. The number of aromatic amines is 1. The summed E-state index contributed by atoms with van der Waals surface area (Å²) < 4.78 is 11.9.